The van der Waals surface area contributed by atoms with Gasteiger partial charge in [-0.25, -0.2) is 0 Å². The summed E-state index contributed by atoms with van der Waals surface area (Å²) in [6.07, 6.45) is 5.92. The van der Waals surface area contributed by atoms with Crippen molar-refractivity contribution in [3.8, 4) is 5.75 Å². The molecule has 0 unspecified atom stereocenters. The molecule has 0 bridgehead atoms. The molecule has 2 heterocycles. The first-order chi connectivity index (χ1) is 9.76. The second-order valence-electron chi connectivity index (χ2n) is 4.97. The summed E-state index contributed by atoms with van der Waals surface area (Å²) < 4.78 is 7.78. The Bertz CT molecular complexity index is 731. The number of aryl methyl sites for hydroxylation is 1. The number of benzene rings is 1. The minimum atomic E-state index is 0.696. The molecular formula is C17H18N2O. The summed E-state index contributed by atoms with van der Waals surface area (Å²) in [6, 6.07) is 10.5. The average Bonchev–Trinajstić information content (AvgIpc) is 2.82. The Hall–Kier alpha value is -2.29. The summed E-state index contributed by atoms with van der Waals surface area (Å²) in [4.78, 5) is 4.25. The Labute approximate surface area is 118 Å². The first-order valence-corrected chi connectivity index (χ1v) is 6.88. The third-order valence-corrected chi connectivity index (χ3v) is 3.34. The summed E-state index contributed by atoms with van der Waals surface area (Å²) in [5, 5.41) is 1.21. The molecule has 0 aliphatic heterocycles. The highest BCUT2D eigenvalue weighted by Crippen LogP contribution is 2.22. The molecule has 0 radical (unpaired) electrons. The maximum absolute atomic E-state index is 5.54. The molecule has 102 valence electrons. The smallest absolute Gasteiger partial charge is 0.120 e. The molecule has 20 heavy (non-hydrogen) atoms. The molecule has 0 aliphatic carbocycles. The van der Waals surface area contributed by atoms with Crippen molar-refractivity contribution < 1.29 is 4.74 Å². The molecule has 3 rings (SSSR count). The lowest BCUT2D eigenvalue weighted by Gasteiger charge is -2.07. The van der Waals surface area contributed by atoms with Crippen LogP contribution in [-0.2, 0) is 6.54 Å². The van der Waals surface area contributed by atoms with Gasteiger partial charge >= 0.3 is 0 Å². The highest BCUT2D eigenvalue weighted by molar-refractivity contribution is 5.81. The third kappa shape index (κ3) is 2.52. The number of pyridine rings is 1. The Balaban J connectivity index is 1.92. The lowest BCUT2D eigenvalue weighted by molar-refractivity contribution is 0.340. The predicted octanol–water partition coefficient (Wildman–Crippen LogP) is 3.79. The van der Waals surface area contributed by atoms with Crippen molar-refractivity contribution in [1.82, 2.24) is 9.55 Å². The van der Waals surface area contributed by atoms with E-state index >= 15 is 0 Å². The fourth-order valence-electron chi connectivity index (χ4n) is 2.47. The van der Waals surface area contributed by atoms with E-state index in [2.05, 4.69) is 46.9 Å². The Kier molecular flexibility index (Phi) is 3.42. The lowest BCUT2D eigenvalue weighted by atomic mass is 10.2. The van der Waals surface area contributed by atoms with Gasteiger partial charge < -0.3 is 9.30 Å². The van der Waals surface area contributed by atoms with Crippen LogP contribution in [0.25, 0.3) is 10.9 Å². The Morgan fingerprint density at radius 3 is 2.85 bits per heavy atom. The van der Waals surface area contributed by atoms with Crippen LogP contribution in [0.15, 0.2) is 48.9 Å². The van der Waals surface area contributed by atoms with Gasteiger partial charge in [0.15, 0.2) is 0 Å². The molecule has 0 amide bonds. The van der Waals surface area contributed by atoms with Crippen molar-refractivity contribution in [2.24, 2.45) is 0 Å². The maximum Gasteiger partial charge on any atom is 0.120 e. The van der Waals surface area contributed by atoms with E-state index in [9.17, 15) is 0 Å². The largest absolute Gasteiger partial charge is 0.494 e. The van der Waals surface area contributed by atoms with Crippen LogP contribution < -0.4 is 4.74 Å². The van der Waals surface area contributed by atoms with E-state index in [4.69, 9.17) is 4.74 Å². The first-order valence-electron chi connectivity index (χ1n) is 6.88. The molecular weight excluding hydrogens is 248 g/mol. The van der Waals surface area contributed by atoms with Crippen LogP contribution in [0.1, 0.15) is 18.1 Å². The molecule has 0 atom stereocenters. The van der Waals surface area contributed by atoms with Gasteiger partial charge in [0.05, 0.1) is 6.61 Å². The molecule has 1 aromatic carbocycles. The van der Waals surface area contributed by atoms with Crippen molar-refractivity contribution in [2.45, 2.75) is 20.4 Å². The third-order valence-electron chi connectivity index (χ3n) is 3.34. The normalized spacial score (nSPS) is 10.9. The zero-order valence-electron chi connectivity index (χ0n) is 11.8. The highest BCUT2D eigenvalue weighted by Gasteiger charge is 2.04. The van der Waals surface area contributed by atoms with Crippen LogP contribution in [0.3, 0.4) is 0 Å². The maximum atomic E-state index is 5.54. The Morgan fingerprint density at radius 1 is 1.15 bits per heavy atom. The van der Waals surface area contributed by atoms with Crippen LogP contribution in [0, 0.1) is 6.92 Å². The first kappa shape index (κ1) is 12.7. The van der Waals surface area contributed by atoms with E-state index in [1.807, 2.05) is 25.4 Å². The number of hydrogen-bond donors (Lipinski definition) is 0. The summed E-state index contributed by atoms with van der Waals surface area (Å²) in [6.45, 7) is 5.60. The van der Waals surface area contributed by atoms with Crippen LogP contribution in [-0.4, -0.2) is 16.2 Å². The van der Waals surface area contributed by atoms with Crippen molar-refractivity contribution >= 4 is 10.9 Å². The number of rotatable bonds is 4. The number of hydrogen-bond acceptors (Lipinski definition) is 2. The molecule has 3 nitrogen and oxygen atoms in total. The van der Waals surface area contributed by atoms with Crippen LogP contribution in [0.4, 0.5) is 0 Å². The molecule has 0 fully saturated rings. The van der Waals surface area contributed by atoms with Crippen LogP contribution in [0.5, 0.6) is 5.75 Å². The number of nitrogens with zero attached hydrogens (tertiary/aromatic N) is 2. The van der Waals surface area contributed by atoms with Crippen LogP contribution >= 0.6 is 0 Å². The zero-order valence-corrected chi connectivity index (χ0v) is 11.8. The second-order valence-corrected chi connectivity index (χ2v) is 4.97. The van der Waals surface area contributed by atoms with Gasteiger partial charge in [-0.2, -0.15) is 0 Å². The van der Waals surface area contributed by atoms with Crippen molar-refractivity contribution in [3.63, 3.8) is 0 Å². The summed E-state index contributed by atoms with van der Waals surface area (Å²) in [7, 11) is 0. The average molecular weight is 266 g/mol. The molecule has 0 saturated heterocycles. The lowest BCUT2D eigenvalue weighted by Crippen LogP contribution is -1.99. The van der Waals surface area contributed by atoms with Crippen molar-refractivity contribution in [2.75, 3.05) is 6.61 Å². The summed E-state index contributed by atoms with van der Waals surface area (Å²) in [5.41, 5.74) is 3.63. The van der Waals surface area contributed by atoms with Gasteiger partial charge in [-0.3, -0.25) is 4.98 Å². The topological polar surface area (TPSA) is 27.1 Å². The van der Waals surface area contributed by atoms with Gasteiger partial charge in [0, 0.05) is 36.0 Å². The van der Waals surface area contributed by atoms with Crippen molar-refractivity contribution in [1.29, 1.82) is 0 Å². The van der Waals surface area contributed by atoms with Crippen molar-refractivity contribution in [3.05, 3.63) is 60.0 Å². The van der Waals surface area contributed by atoms with E-state index < -0.39 is 0 Å². The van der Waals surface area contributed by atoms with Gasteiger partial charge in [-0.15, -0.1) is 0 Å². The number of aromatic nitrogens is 2. The van der Waals surface area contributed by atoms with E-state index in [1.54, 1.807) is 0 Å². The molecule has 0 spiro atoms. The molecule has 0 aliphatic rings. The van der Waals surface area contributed by atoms with Gasteiger partial charge in [-0.1, -0.05) is 6.07 Å². The fourth-order valence-corrected chi connectivity index (χ4v) is 2.47. The predicted molar refractivity (Wildman–Crippen MR) is 81.2 cm³/mol. The quantitative estimate of drug-likeness (QED) is 0.718. The molecule has 3 heteroatoms. The van der Waals surface area contributed by atoms with Gasteiger partial charge in [-0.05, 0) is 49.2 Å². The Morgan fingerprint density at radius 2 is 2.05 bits per heavy atom. The summed E-state index contributed by atoms with van der Waals surface area (Å²) >= 11 is 0. The van der Waals surface area contributed by atoms with E-state index in [-0.39, 0.29) is 0 Å². The standard InChI is InChI=1S/C17H18N2O/c1-3-20-16-4-5-17-15(9-16)6-7-19(17)12-14-8-13(2)10-18-11-14/h4-11H,3,12H2,1-2H3. The van der Waals surface area contributed by atoms with Crippen LogP contribution in [0.2, 0.25) is 0 Å². The molecule has 0 N–H and O–H groups in total. The number of fused-ring (bicyclic) bond motifs is 1. The van der Waals surface area contributed by atoms with E-state index in [1.165, 1.54) is 22.0 Å². The van der Waals surface area contributed by atoms with Gasteiger partial charge in [0.25, 0.3) is 0 Å². The zero-order chi connectivity index (χ0) is 13.9. The minimum absolute atomic E-state index is 0.696. The highest BCUT2D eigenvalue weighted by atomic mass is 16.5. The SMILES string of the molecule is CCOc1ccc2c(ccn2Cc2cncc(C)c2)c1. The molecule has 2 aromatic heterocycles. The van der Waals surface area contributed by atoms with Gasteiger partial charge in [0.2, 0.25) is 0 Å². The summed E-state index contributed by atoms with van der Waals surface area (Å²) in [5.74, 6) is 0.926. The molecule has 3 aromatic rings. The minimum Gasteiger partial charge on any atom is -0.494 e. The monoisotopic (exact) mass is 266 g/mol. The molecule has 0 saturated carbocycles. The van der Waals surface area contributed by atoms with E-state index in [0.29, 0.717) is 6.61 Å². The van der Waals surface area contributed by atoms with Gasteiger partial charge in [0.1, 0.15) is 5.75 Å². The fraction of sp³-hybridized carbons (Fsp3) is 0.235. The van der Waals surface area contributed by atoms with E-state index in [0.717, 1.165) is 12.3 Å². The number of ether oxygens (including phenoxy) is 1. The second kappa shape index (κ2) is 5.37.